The normalized spacial score (nSPS) is 12.0. The van der Waals surface area contributed by atoms with Crippen molar-refractivity contribution in [2.24, 2.45) is 0 Å². The predicted molar refractivity (Wildman–Crippen MR) is 101 cm³/mol. The van der Waals surface area contributed by atoms with Gasteiger partial charge in [-0.25, -0.2) is 4.79 Å². The van der Waals surface area contributed by atoms with Crippen molar-refractivity contribution in [1.82, 2.24) is 14.7 Å². The molecule has 1 aliphatic rings. The number of urea groups is 1. The van der Waals surface area contributed by atoms with E-state index >= 15 is 0 Å². The third-order valence-electron chi connectivity index (χ3n) is 4.26. The van der Waals surface area contributed by atoms with Crippen molar-refractivity contribution < 1.29 is 14.3 Å². The van der Waals surface area contributed by atoms with Gasteiger partial charge in [0.05, 0.1) is 19.3 Å². The molecule has 7 heteroatoms. The van der Waals surface area contributed by atoms with E-state index in [4.69, 9.17) is 9.47 Å². The highest BCUT2D eigenvalue weighted by atomic mass is 16.7. The summed E-state index contributed by atoms with van der Waals surface area (Å²) in [6, 6.07) is 15.3. The molecule has 0 saturated heterocycles. The number of carbonyl (C=O) groups excluding carboxylic acids is 1. The maximum absolute atomic E-state index is 12.4. The highest BCUT2D eigenvalue weighted by Gasteiger charge is 2.16. The van der Waals surface area contributed by atoms with Crippen LogP contribution >= 0.6 is 0 Å². The molecule has 1 N–H and O–H groups in total. The van der Waals surface area contributed by atoms with Crippen molar-refractivity contribution in [2.75, 3.05) is 19.2 Å². The number of nitrogens with zero attached hydrogens (tertiary/aromatic N) is 3. The summed E-state index contributed by atoms with van der Waals surface area (Å²) < 4.78 is 12.5. The van der Waals surface area contributed by atoms with Gasteiger partial charge >= 0.3 is 6.03 Å². The van der Waals surface area contributed by atoms with E-state index in [2.05, 4.69) is 22.5 Å². The minimum absolute atomic E-state index is 0.204. The zero-order valence-corrected chi connectivity index (χ0v) is 15.0. The highest BCUT2D eigenvalue weighted by molar-refractivity contribution is 5.89. The largest absolute Gasteiger partial charge is 0.454 e. The monoisotopic (exact) mass is 364 g/mol. The average molecular weight is 364 g/mol. The van der Waals surface area contributed by atoms with Crippen molar-refractivity contribution in [3.63, 3.8) is 0 Å². The molecule has 1 aromatic heterocycles. The van der Waals surface area contributed by atoms with Crippen LogP contribution in [-0.4, -0.2) is 34.6 Å². The Morgan fingerprint density at radius 3 is 2.81 bits per heavy atom. The second-order valence-electron chi connectivity index (χ2n) is 6.39. The number of carbonyl (C=O) groups is 1. The Bertz CT molecular complexity index is 939. The third kappa shape index (κ3) is 4.03. The standard InChI is InChI=1S/C20H20N4O3/c1-23(20(25)22-17-7-8-18-19(9-17)27-14-26-18)11-16-10-21-24(13-16)12-15-5-3-2-4-6-15/h2-10,13H,11-12,14H2,1H3,(H,22,25). The van der Waals surface area contributed by atoms with Crippen molar-refractivity contribution in [2.45, 2.75) is 13.1 Å². The summed E-state index contributed by atoms with van der Waals surface area (Å²) in [4.78, 5) is 14.0. The zero-order valence-electron chi connectivity index (χ0n) is 15.0. The van der Waals surface area contributed by atoms with Gasteiger partial charge in [-0.3, -0.25) is 4.68 Å². The lowest BCUT2D eigenvalue weighted by Crippen LogP contribution is -2.30. The van der Waals surface area contributed by atoms with Crippen molar-refractivity contribution >= 4 is 11.7 Å². The number of amides is 2. The van der Waals surface area contributed by atoms with Crippen LogP contribution in [0.5, 0.6) is 11.5 Å². The minimum atomic E-state index is -0.204. The van der Waals surface area contributed by atoms with Gasteiger partial charge in [0, 0.05) is 30.6 Å². The molecule has 0 fully saturated rings. The van der Waals surface area contributed by atoms with Gasteiger partial charge in [0.2, 0.25) is 6.79 Å². The molecule has 4 rings (SSSR count). The van der Waals surface area contributed by atoms with Gasteiger partial charge in [0.25, 0.3) is 0 Å². The molecular weight excluding hydrogens is 344 g/mol. The van der Waals surface area contributed by atoms with Crippen molar-refractivity contribution in [3.05, 3.63) is 72.1 Å². The topological polar surface area (TPSA) is 68.6 Å². The van der Waals surface area contributed by atoms with Crippen LogP contribution in [0.25, 0.3) is 0 Å². The van der Waals surface area contributed by atoms with Crippen molar-refractivity contribution in [3.8, 4) is 11.5 Å². The summed E-state index contributed by atoms with van der Waals surface area (Å²) in [6.45, 7) is 1.37. The summed E-state index contributed by atoms with van der Waals surface area (Å²) in [5.41, 5.74) is 2.81. The van der Waals surface area contributed by atoms with Crippen LogP contribution in [0.2, 0.25) is 0 Å². The molecule has 0 bridgehead atoms. The number of fused-ring (bicyclic) bond motifs is 1. The van der Waals surface area contributed by atoms with E-state index in [1.54, 1.807) is 36.3 Å². The van der Waals surface area contributed by atoms with E-state index in [0.717, 1.165) is 5.56 Å². The van der Waals surface area contributed by atoms with Gasteiger partial charge in [-0.2, -0.15) is 5.10 Å². The number of aromatic nitrogens is 2. The molecule has 27 heavy (non-hydrogen) atoms. The summed E-state index contributed by atoms with van der Waals surface area (Å²) >= 11 is 0. The lowest BCUT2D eigenvalue weighted by Gasteiger charge is -2.17. The lowest BCUT2D eigenvalue weighted by atomic mass is 10.2. The molecule has 0 atom stereocenters. The predicted octanol–water partition coefficient (Wildman–Crippen LogP) is 3.32. The molecule has 0 radical (unpaired) electrons. The van der Waals surface area contributed by atoms with E-state index in [-0.39, 0.29) is 12.8 Å². The van der Waals surface area contributed by atoms with E-state index in [9.17, 15) is 4.79 Å². The first-order chi connectivity index (χ1) is 13.2. The molecule has 7 nitrogen and oxygen atoms in total. The first-order valence-electron chi connectivity index (χ1n) is 8.64. The molecule has 0 saturated carbocycles. The van der Waals surface area contributed by atoms with Crippen LogP contribution in [0, 0.1) is 0 Å². The number of hydrogen-bond donors (Lipinski definition) is 1. The Morgan fingerprint density at radius 1 is 1.15 bits per heavy atom. The van der Waals surface area contributed by atoms with Gasteiger partial charge in [-0.15, -0.1) is 0 Å². The number of rotatable bonds is 5. The van der Waals surface area contributed by atoms with E-state index in [0.29, 0.717) is 30.3 Å². The first kappa shape index (κ1) is 17.0. The Kier molecular flexibility index (Phi) is 4.65. The lowest BCUT2D eigenvalue weighted by molar-refractivity contribution is 0.174. The molecule has 2 heterocycles. The number of benzene rings is 2. The summed E-state index contributed by atoms with van der Waals surface area (Å²) in [7, 11) is 1.75. The van der Waals surface area contributed by atoms with E-state index in [1.807, 2.05) is 29.1 Å². The fourth-order valence-electron chi connectivity index (χ4n) is 2.88. The third-order valence-corrected chi connectivity index (χ3v) is 4.26. The smallest absolute Gasteiger partial charge is 0.321 e. The second-order valence-corrected chi connectivity index (χ2v) is 6.39. The van der Waals surface area contributed by atoms with Crippen LogP contribution in [0.15, 0.2) is 60.9 Å². The molecule has 2 aromatic carbocycles. The van der Waals surface area contributed by atoms with Gasteiger partial charge in [0.15, 0.2) is 11.5 Å². The molecule has 0 unspecified atom stereocenters. The molecule has 1 aliphatic heterocycles. The molecule has 138 valence electrons. The Balaban J connectivity index is 1.34. The quantitative estimate of drug-likeness (QED) is 0.754. The molecule has 2 amide bonds. The van der Waals surface area contributed by atoms with Gasteiger partial charge < -0.3 is 19.7 Å². The minimum Gasteiger partial charge on any atom is -0.454 e. The van der Waals surface area contributed by atoms with Crippen LogP contribution in [0.3, 0.4) is 0 Å². The van der Waals surface area contributed by atoms with Gasteiger partial charge in [0.1, 0.15) is 0 Å². The molecular formula is C20H20N4O3. The first-order valence-corrected chi connectivity index (χ1v) is 8.64. The number of ether oxygens (including phenoxy) is 2. The van der Waals surface area contributed by atoms with Crippen LogP contribution in [0.4, 0.5) is 10.5 Å². The van der Waals surface area contributed by atoms with Gasteiger partial charge in [-0.1, -0.05) is 30.3 Å². The molecule has 3 aromatic rings. The summed E-state index contributed by atoms with van der Waals surface area (Å²) in [5, 5.41) is 7.24. The zero-order chi connectivity index (χ0) is 18.6. The second kappa shape index (κ2) is 7.41. The van der Waals surface area contributed by atoms with E-state index in [1.165, 1.54) is 5.56 Å². The maximum Gasteiger partial charge on any atom is 0.321 e. The summed E-state index contributed by atoms with van der Waals surface area (Å²) in [5.74, 6) is 1.32. The fourth-order valence-corrected chi connectivity index (χ4v) is 2.88. The number of hydrogen-bond acceptors (Lipinski definition) is 4. The highest BCUT2D eigenvalue weighted by Crippen LogP contribution is 2.34. The molecule has 0 aliphatic carbocycles. The maximum atomic E-state index is 12.4. The summed E-state index contributed by atoms with van der Waals surface area (Å²) in [6.07, 6.45) is 3.74. The van der Waals surface area contributed by atoms with Crippen molar-refractivity contribution in [1.29, 1.82) is 0 Å². The van der Waals surface area contributed by atoms with Gasteiger partial charge in [-0.05, 0) is 17.7 Å². The molecule has 0 spiro atoms. The average Bonchev–Trinajstić information content (AvgIpc) is 3.31. The number of nitrogens with one attached hydrogen (secondary N) is 1. The number of anilines is 1. The fraction of sp³-hybridized carbons (Fsp3) is 0.200. The Labute approximate surface area is 157 Å². The van der Waals surface area contributed by atoms with E-state index < -0.39 is 0 Å². The Hall–Kier alpha value is -3.48. The van der Waals surface area contributed by atoms with Crippen LogP contribution < -0.4 is 14.8 Å². The SMILES string of the molecule is CN(Cc1cnn(Cc2ccccc2)c1)C(=O)Nc1ccc2c(c1)OCO2. The van der Waals surface area contributed by atoms with Crippen LogP contribution in [-0.2, 0) is 13.1 Å². The van der Waals surface area contributed by atoms with Crippen LogP contribution in [0.1, 0.15) is 11.1 Å². The Morgan fingerprint density at radius 2 is 1.96 bits per heavy atom.